The van der Waals surface area contributed by atoms with E-state index in [0.29, 0.717) is 24.1 Å². The van der Waals surface area contributed by atoms with Gasteiger partial charge in [-0.3, -0.25) is 4.79 Å². The molecule has 0 radical (unpaired) electrons. The first-order chi connectivity index (χ1) is 14.2. The van der Waals surface area contributed by atoms with Crippen molar-refractivity contribution in [3.05, 3.63) is 75.6 Å². The van der Waals surface area contributed by atoms with Crippen molar-refractivity contribution >= 4 is 26.9 Å². The number of piperazine rings is 1. The van der Waals surface area contributed by atoms with E-state index in [1.54, 1.807) is 4.90 Å². The van der Waals surface area contributed by atoms with Gasteiger partial charge in [-0.15, -0.1) is 0 Å². The molecule has 2 aromatic carbocycles. The highest BCUT2D eigenvalue weighted by Crippen LogP contribution is 2.23. The quantitative estimate of drug-likeness (QED) is 0.598. The molecule has 1 saturated heterocycles. The van der Waals surface area contributed by atoms with Crippen LogP contribution in [0.5, 0.6) is 0 Å². The van der Waals surface area contributed by atoms with Crippen molar-refractivity contribution in [2.75, 3.05) is 19.6 Å². The molecule has 0 aliphatic carbocycles. The maximum atomic E-state index is 13.1. The number of rotatable bonds is 4. The van der Waals surface area contributed by atoms with Crippen LogP contribution in [0.1, 0.15) is 16.7 Å². The van der Waals surface area contributed by atoms with Crippen LogP contribution in [0, 0.1) is 13.8 Å². The minimum Gasteiger partial charge on any atom is -0.423 e. The van der Waals surface area contributed by atoms with Gasteiger partial charge >= 0.3 is 5.63 Å². The van der Waals surface area contributed by atoms with E-state index in [-0.39, 0.29) is 23.9 Å². The Kier molecular flexibility index (Phi) is 5.21. The SMILES string of the molecule is Cc1ccc(CN2CCN(S(=O)(=O)c3ccc4oc(=O)ccc4c3)CC2=O)cc1C. The molecule has 2 heterocycles. The van der Waals surface area contributed by atoms with Crippen molar-refractivity contribution in [3.8, 4) is 0 Å². The molecule has 30 heavy (non-hydrogen) atoms. The molecule has 0 N–H and O–H groups in total. The molecule has 0 unspecified atom stereocenters. The summed E-state index contributed by atoms with van der Waals surface area (Å²) >= 11 is 0. The zero-order valence-corrected chi connectivity index (χ0v) is 17.6. The zero-order chi connectivity index (χ0) is 21.5. The monoisotopic (exact) mass is 426 g/mol. The van der Waals surface area contributed by atoms with Crippen molar-refractivity contribution in [1.82, 2.24) is 9.21 Å². The van der Waals surface area contributed by atoms with Crippen molar-refractivity contribution < 1.29 is 17.6 Å². The third kappa shape index (κ3) is 3.88. The van der Waals surface area contributed by atoms with Crippen molar-refractivity contribution in [2.24, 2.45) is 0 Å². The normalized spacial score (nSPS) is 15.7. The maximum Gasteiger partial charge on any atom is 0.336 e. The van der Waals surface area contributed by atoms with Crippen LogP contribution >= 0.6 is 0 Å². The summed E-state index contributed by atoms with van der Waals surface area (Å²) in [6, 6.07) is 13.1. The standard InChI is InChI=1S/C22H22N2O5S/c1-15-3-4-17(11-16(15)2)13-23-9-10-24(14-21(23)25)30(27,28)19-6-7-20-18(12-19)5-8-22(26)29-20/h3-8,11-12H,9-10,13-14H2,1-2H3. The van der Waals surface area contributed by atoms with Gasteiger partial charge in [-0.1, -0.05) is 18.2 Å². The molecule has 1 aliphatic heterocycles. The number of nitrogens with zero attached hydrogens (tertiary/aromatic N) is 2. The topological polar surface area (TPSA) is 87.9 Å². The van der Waals surface area contributed by atoms with Gasteiger partial charge in [-0.25, -0.2) is 13.2 Å². The van der Waals surface area contributed by atoms with E-state index in [0.717, 1.165) is 11.1 Å². The fourth-order valence-corrected chi connectivity index (χ4v) is 4.96. The van der Waals surface area contributed by atoms with Gasteiger partial charge in [0.1, 0.15) is 5.58 Å². The summed E-state index contributed by atoms with van der Waals surface area (Å²) in [6.45, 7) is 4.88. The summed E-state index contributed by atoms with van der Waals surface area (Å²) in [5.41, 5.74) is 3.20. The summed E-state index contributed by atoms with van der Waals surface area (Å²) in [4.78, 5) is 25.7. The molecule has 0 bridgehead atoms. The van der Waals surface area contributed by atoms with Crippen molar-refractivity contribution in [1.29, 1.82) is 0 Å². The lowest BCUT2D eigenvalue weighted by atomic mass is 10.1. The van der Waals surface area contributed by atoms with E-state index < -0.39 is 15.6 Å². The Balaban J connectivity index is 1.51. The Morgan fingerprint density at radius 3 is 2.47 bits per heavy atom. The number of hydrogen-bond acceptors (Lipinski definition) is 5. The minimum atomic E-state index is -3.84. The average Bonchev–Trinajstić information content (AvgIpc) is 2.71. The zero-order valence-electron chi connectivity index (χ0n) is 16.8. The second kappa shape index (κ2) is 7.70. The smallest absolute Gasteiger partial charge is 0.336 e. The van der Waals surface area contributed by atoms with Crippen LogP contribution in [0.2, 0.25) is 0 Å². The number of carbonyl (C=O) groups is 1. The number of hydrogen-bond donors (Lipinski definition) is 0. The third-order valence-corrected chi connectivity index (χ3v) is 7.30. The first-order valence-corrected chi connectivity index (χ1v) is 11.1. The van der Waals surface area contributed by atoms with Gasteiger partial charge in [-0.2, -0.15) is 4.31 Å². The van der Waals surface area contributed by atoms with Crippen LogP contribution in [-0.2, 0) is 21.4 Å². The predicted octanol–water partition coefficient (Wildman–Crippen LogP) is 2.44. The van der Waals surface area contributed by atoms with Gasteiger partial charge in [0.2, 0.25) is 15.9 Å². The first-order valence-electron chi connectivity index (χ1n) is 9.62. The first kappa shape index (κ1) is 20.3. The van der Waals surface area contributed by atoms with Gasteiger partial charge in [0.15, 0.2) is 0 Å². The van der Waals surface area contributed by atoms with E-state index >= 15 is 0 Å². The van der Waals surface area contributed by atoms with Crippen LogP contribution in [0.3, 0.4) is 0 Å². The molecular formula is C22H22N2O5S. The summed E-state index contributed by atoms with van der Waals surface area (Å²) in [5, 5.41) is 0.510. The Bertz CT molecular complexity index is 1300. The van der Waals surface area contributed by atoms with Crippen LogP contribution in [0.15, 0.2) is 62.6 Å². The Labute approximate surface area is 174 Å². The third-order valence-electron chi connectivity index (χ3n) is 5.46. The molecule has 1 amide bonds. The molecule has 0 saturated carbocycles. The summed E-state index contributed by atoms with van der Waals surface area (Å²) in [5.74, 6) is -0.227. The number of fused-ring (bicyclic) bond motifs is 1. The van der Waals surface area contributed by atoms with E-state index in [1.165, 1.54) is 40.2 Å². The number of amides is 1. The molecule has 7 nitrogen and oxygen atoms in total. The van der Waals surface area contributed by atoms with E-state index in [1.807, 2.05) is 26.0 Å². The second-order valence-electron chi connectivity index (χ2n) is 7.53. The molecule has 156 valence electrons. The molecule has 1 aliphatic rings. The average molecular weight is 426 g/mol. The highest BCUT2D eigenvalue weighted by molar-refractivity contribution is 7.89. The van der Waals surface area contributed by atoms with Gasteiger partial charge in [-0.05, 0) is 54.8 Å². The van der Waals surface area contributed by atoms with E-state index in [2.05, 4.69) is 6.07 Å². The molecule has 3 aromatic rings. The van der Waals surface area contributed by atoms with Gasteiger partial charge < -0.3 is 9.32 Å². The number of sulfonamides is 1. The summed E-state index contributed by atoms with van der Waals surface area (Å²) in [7, 11) is -3.84. The van der Waals surface area contributed by atoms with E-state index in [4.69, 9.17) is 4.42 Å². The second-order valence-corrected chi connectivity index (χ2v) is 9.46. The number of aryl methyl sites for hydroxylation is 2. The fourth-order valence-electron chi connectivity index (χ4n) is 3.54. The fraction of sp³-hybridized carbons (Fsp3) is 0.273. The summed E-state index contributed by atoms with van der Waals surface area (Å²) < 4.78 is 32.4. The van der Waals surface area contributed by atoms with Crippen LogP contribution in [0.4, 0.5) is 0 Å². The predicted molar refractivity (Wildman–Crippen MR) is 113 cm³/mol. The molecule has 1 aromatic heterocycles. The van der Waals surface area contributed by atoms with Crippen molar-refractivity contribution in [3.63, 3.8) is 0 Å². The lowest BCUT2D eigenvalue weighted by Crippen LogP contribution is -2.51. The van der Waals surface area contributed by atoms with Crippen LogP contribution in [0.25, 0.3) is 11.0 Å². The van der Waals surface area contributed by atoms with E-state index in [9.17, 15) is 18.0 Å². The number of benzene rings is 2. The molecule has 1 fully saturated rings. The molecule has 4 rings (SSSR count). The van der Waals surface area contributed by atoms with Crippen molar-refractivity contribution in [2.45, 2.75) is 25.3 Å². The maximum absolute atomic E-state index is 13.1. The van der Waals surface area contributed by atoms with Gasteiger partial charge in [0.05, 0.1) is 11.4 Å². The molecule has 8 heteroatoms. The Hall–Kier alpha value is -2.97. The van der Waals surface area contributed by atoms with Gasteiger partial charge in [0.25, 0.3) is 0 Å². The molecular weight excluding hydrogens is 404 g/mol. The lowest BCUT2D eigenvalue weighted by molar-refractivity contribution is -0.134. The lowest BCUT2D eigenvalue weighted by Gasteiger charge is -2.33. The molecule has 0 spiro atoms. The van der Waals surface area contributed by atoms with Crippen LogP contribution in [-0.4, -0.2) is 43.2 Å². The van der Waals surface area contributed by atoms with Gasteiger partial charge in [0, 0.05) is 31.1 Å². The Morgan fingerprint density at radius 2 is 1.73 bits per heavy atom. The largest absolute Gasteiger partial charge is 0.423 e. The Morgan fingerprint density at radius 1 is 0.933 bits per heavy atom. The minimum absolute atomic E-state index is 0.0688. The summed E-state index contributed by atoms with van der Waals surface area (Å²) in [6.07, 6.45) is 0. The highest BCUT2D eigenvalue weighted by Gasteiger charge is 2.33. The number of carbonyl (C=O) groups excluding carboxylic acids is 1. The van der Waals surface area contributed by atoms with Crippen LogP contribution < -0.4 is 5.63 Å². The highest BCUT2D eigenvalue weighted by atomic mass is 32.2. The molecule has 0 atom stereocenters.